The van der Waals surface area contributed by atoms with Gasteiger partial charge in [-0.05, 0) is 4.53 Å². The normalized spacial score (nSPS) is 5.60. The Morgan fingerprint density at radius 2 is 2.60 bits per heavy atom. The molecule has 0 aromatic carbocycles. The Bertz CT molecular complexity index is 38.9. The van der Waals surface area contributed by atoms with Crippen molar-refractivity contribution in [1.29, 1.82) is 0 Å². The molecule has 0 saturated carbocycles. The van der Waals surface area contributed by atoms with Gasteiger partial charge in [0.2, 0.25) is 0 Å². The maximum atomic E-state index is 4.04. The van der Waals surface area contributed by atoms with E-state index in [0.29, 0.717) is 0 Å². The van der Waals surface area contributed by atoms with E-state index in [4.69, 9.17) is 0 Å². The van der Waals surface area contributed by atoms with Crippen molar-refractivity contribution >= 4 is 12.4 Å². The van der Waals surface area contributed by atoms with Gasteiger partial charge >= 0.3 is 0 Å². The fourth-order valence-electron chi connectivity index (χ4n) is 0.0304. The van der Waals surface area contributed by atoms with E-state index in [2.05, 4.69) is 28.4 Å². The Hall–Kier alpha value is -0.440. The molecule has 0 aliphatic rings. The lowest BCUT2D eigenvalue weighted by atomic mass is 11.2. The summed E-state index contributed by atoms with van der Waals surface area (Å²) in [6.07, 6.45) is 1.16. The van der Waals surface area contributed by atoms with Gasteiger partial charge in [0.1, 0.15) is 6.26 Å². The van der Waals surface area contributed by atoms with E-state index in [1.165, 1.54) is 0 Å². The Labute approximate surface area is 35.6 Å². The Kier molecular flexibility index (Phi) is 3.25. The topological polar surface area (TPSA) is 21.6 Å². The van der Waals surface area contributed by atoms with E-state index in [1.54, 1.807) is 0 Å². The summed E-state index contributed by atoms with van der Waals surface area (Å²) in [5.41, 5.74) is 0. The summed E-state index contributed by atoms with van der Waals surface area (Å²) < 4.78 is 2.82. The maximum absolute atomic E-state index is 4.04. The first-order valence-electron chi connectivity index (χ1n) is 1.01. The van der Waals surface area contributed by atoms with Gasteiger partial charge in [-0.25, -0.2) is 0 Å². The van der Waals surface area contributed by atoms with E-state index in [0.717, 1.165) is 6.26 Å². The quantitative estimate of drug-likeness (QED) is 0.368. The van der Waals surface area contributed by atoms with Crippen LogP contribution in [0.15, 0.2) is 17.4 Å². The summed E-state index contributed by atoms with van der Waals surface area (Å²) in [5.74, 6) is 0. The summed E-state index contributed by atoms with van der Waals surface area (Å²) in [6.45, 7) is 3.17. The van der Waals surface area contributed by atoms with Gasteiger partial charge < -0.3 is 4.84 Å². The summed E-state index contributed by atoms with van der Waals surface area (Å²) >= 11 is 3.98. The third-order valence-corrected chi connectivity index (χ3v) is 0.204. The minimum absolute atomic E-state index is 1.16. The standard InChI is InChI=1S/C2H3NOS/c1-2-4-3-5/h2H,1H2. The number of nitrogens with zero attached hydrogens (tertiary/aromatic N) is 1. The van der Waals surface area contributed by atoms with Gasteiger partial charge in [-0.2, -0.15) is 0 Å². The molecule has 0 fully saturated rings. The minimum Gasteiger partial charge on any atom is -0.354 e. The Morgan fingerprint density at radius 1 is 2.00 bits per heavy atom. The molecule has 0 amide bonds. The highest BCUT2D eigenvalue weighted by atomic mass is 32.1. The molecule has 0 aromatic rings. The number of rotatable bonds is 2. The Morgan fingerprint density at radius 3 is 2.60 bits per heavy atom. The van der Waals surface area contributed by atoms with Crippen molar-refractivity contribution in [2.75, 3.05) is 0 Å². The van der Waals surface area contributed by atoms with Crippen molar-refractivity contribution in [1.82, 2.24) is 0 Å². The fourth-order valence-corrected chi connectivity index (χ4v) is 0.0913. The molecule has 0 radical (unpaired) electrons. The van der Waals surface area contributed by atoms with Gasteiger partial charge in [0.25, 0.3) is 0 Å². The molecule has 0 bridgehead atoms. The van der Waals surface area contributed by atoms with Crippen molar-refractivity contribution in [2.45, 2.75) is 0 Å². The van der Waals surface area contributed by atoms with E-state index in [-0.39, 0.29) is 0 Å². The lowest BCUT2D eigenvalue weighted by Crippen LogP contribution is -1.52. The van der Waals surface area contributed by atoms with Gasteiger partial charge in [-0.15, -0.1) is 0 Å². The second-order valence-corrected chi connectivity index (χ2v) is 0.496. The highest BCUT2D eigenvalue weighted by molar-refractivity contribution is 7.47. The fraction of sp³-hybridized carbons (Fsp3) is 0. The summed E-state index contributed by atoms with van der Waals surface area (Å²) in [6, 6.07) is 0. The van der Waals surface area contributed by atoms with Gasteiger partial charge in [0, 0.05) is 0 Å². The second kappa shape index (κ2) is 3.56. The summed E-state index contributed by atoms with van der Waals surface area (Å²) in [4.78, 5) is 4.04. The number of hydrogen-bond acceptors (Lipinski definition) is 3. The predicted octanol–water partition coefficient (Wildman–Crippen LogP) is 0.792. The van der Waals surface area contributed by atoms with E-state index in [9.17, 15) is 0 Å². The van der Waals surface area contributed by atoms with Crippen molar-refractivity contribution < 1.29 is 4.84 Å². The van der Waals surface area contributed by atoms with Crippen LogP contribution in [0.2, 0.25) is 0 Å². The first-order chi connectivity index (χ1) is 2.41. The zero-order valence-electron chi connectivity index (χ0n) is 2.55. The molecule has 5 heavy (non-hydrogen) atoms. The molecule has 3 heteroatoms. The predicted molar refractivity (Wildman–Crippen MR) is 21.1 cm³/mol. The molecular formula is C2H3NOS. The molecule has 28 valence electrons. The van der Waals surface area contributed by atoms with Gasteiger partial charge in [0.05, 0.1) is 12.4 Å². The third-order valence-electron chi connectivity index (χ3n) is 0.118. The third kappa shape index (κ3) is 3.56. The average Bonchev–Trinajstić information content (AvgIpc) is 1.41. The highest BCUT2D eigenvalue weighted by Gasteiger charge is 1.49. The SMILES string of the molecule is C=CON=S. The van der Waals surface area contributed by atoms with Crippen LogP contribution in [0.5, 0.6) is 0 Å². The van der Waals surface area contributed by atoms with Gasteiger partial charge in [0.15, 0.2) is 0 Å². The van der Waals surface area contributed by atoms with Crippen LogP contribution in [0.4, 0.5) is 0 Å². The Balaban J connectivity index is 2.65. The smallest absolute Gasteiger partial charge is 0.116 e. The number of hydrogen-bond donors (Lipinski definition) is 0. The van der Waals surface area contributed by atoms with Crippen molar-refractivity contribution in [3.63, 3.8) is 0 Å². The molecule has 0 spiro atoms. The molecule has 0 rings (SSSR count). The molecule has 0 heterocycles. The van der Waals surface area contributed by atoms with Gasteiger partial charge in [-0.3, -0.25) is 0 Å². The van der Waals surface area contributed by atoms with Crippen LogP contribution < -0.4 is 0 Å². The van der Waals surface area contributed by atoms with Crippen molar-refractivity contribution in [3.05, 3.63) is 12.8 Å². The van der Waals surface area contributed by atoms with Crippen LogP contribution >= 0.6 is 0 Å². The molecule has 0 N–H and O–H groups in total. The molecule has 0 atom stereocenters. The van der Waals surface area contributed by atoms with Crippen molar-refractivity contribution in [3.8, 4) is 0 Å². The van der Waals surface area contributed by atoms with E-state index >= 15 is 0 Å². The lowest BCUT2D eigenvalue weighted by molar-refractivity contribution is 0.279. The maximum Gasteiger partial charge on any atom is 0.116 e. The minimum atomic E-state index is 1.16. The van der Waals surface area contributed by atoms with Gasteiger partial charge in [-0.1, -0.05) is 6.58 Å². The first-order valence-corrected chi connectivity index (χ1v) is 1.37. The van der Waals surface area contributed by atoms with Crippen LogP contribution in [0, 0.1) is 0 Å². The summed E-state index contributed by atoms with van der Waals surface area (Å²) in [7, 11) is 0. The zero-order chi connectivity index (χ0) is 4.12. The first kappa shape index (κ1) is 4.56. The van der Waals surface area contributed by atoms with Crippen LogP contribution in [0.25, 0.3) is 0 Å². The molecule has 0 unspecified atom stereocenters. The highest BCUT2D eigenvalue weighted by Crippen LogP contribution is 1.65. The van der Waals surface area contributed by atoms with Crippen LogP contribution in [-0.4, -0.2) is 0 Å². The molecule has 0 aromatic heterocycles. The molecule has 2 nitrogen and oxygen atoms in total. The van der Waals surface area contributed by atoms with Crippen molar-refractivity contribution in [2.24, 2.45) is 4.53 Å². The van der Waals surface area contributed by atoms with E-state index in [1.807, 2.05) is 0 Å². The second-order valence-electron chi connectivity index (χ2n) is 0.347. The molecular weight excluding hydrogens is 86.1 g/mol. The molecule has 0 aliphatic heterocycles. The largest absolute Gasteiger partial charge is 0.354 e. The monoisotopic (exact) mass is 89.0 g/mol. The molecule has 0 saturated heterocycles. The summed E-state index contributed by atoms with van der Waals surface area (Å²) in [5, 5.41) is 0. The average molecular weight is 89.1 g/mol. The van der Waals surface area contributed by atoms with E-state index < -0.39 is 0 Å². The van der Waals surface area contributed by atoms with Crippen LogP contribution in [0.3, 0.4) is 0 Å². The molecule has 0 aliphatic carbocycles. The van der Waals surface area contributed by atoms with Crippen LogP contribution in [-0.2, 0) is 17.3 Å². The zero-order valence-corrected chi connectivity index (χ0v) is 3.36. The van der Waals surface area contributed by atoms with Crippen LogP contribution in [0.1, 0.15) is 0 Å². The lowest BCUT2D eigenvalue weighted by Gasteiger charge is -1.71.